The minimum absolute atomic E-state index is 0.528. The number of rotatable bonds is 6. The highest BCUT2D eigenvalue weighted by Crippen LogP contribution is 2.24. The van der Waals surface area contributed by atoms with E-state index in [-0.39, 0.29) is 0 Å². The summed E-state index contributed by atoms with van der Waals surface area (Å²) in [4.78, 5) is 5.92. The van der Waals surface area contributed by atoms with E-state index in [1.807, 2.05) is 6.07 Å². The lowest BCUT2D eigenvalue weighted by atomic mass is 9.95. The molecule has 3 aromatic rings. The first-order valence-corrected chi connectivity index (χ1v) is 9.87. The van der Waals surface area contributed by atoms with Crippen molar-refractivity contribution < 1.29 is 0 Å². The number of H-pyrrole nitrogens is 1. The summed E-state index contributed by atoms with van der Waals surface area (Å²) in [6.45, 7) is 3.37. The number of aromatic amines is 1. The van der Waals surface area contributed by atoms with Crippen LogP contribution >= 0.6 is 11.6 Å². The Balaban J connectivity index is 1.28. The van der Waals surface area contributed by atoms with Crippen LogP contribution in [0.4, 0.5) is 0 Å². The number of halogens is 1. The number of hydrogen-bond acceptors (Lipinski definition) is 1. The van der Waals surface area contributed by atoms with Crippen LogP contribution in [0.2, 0.25) is 5.02 Å². The fourth-order valence-corrected chi connectivity index (χ4v) is 4.07. The second kappa shape index (κ2) is 8.11. The minimum Gasteiger partial charge on any atom is -0.361 e. The van der Waals surface area contributed by atoms with Gasteiger partial charge >= 0.3 is 0 Å². The minimum atomic E-state index is 0.528. The zero-order chi connectivity index (χ0) is 17.8. The quantitative estimate of drug-likeness (QED) is 0.432. The Hall–Kier alpha value is -2.03. The van der Waals surface area contributed by atoms with Gasteiger partial charge in [-0.1, -0.05) is 54.1 Å². The lowest BCUT2D eigenvalue weighted by molar-refractivity contribution is 0.278. The summed E-state index contributed by atoms with van der Waals surface area (Å²) >= 11 is 6.15. The summed E-state index contributed by atoms with van der Waals surface area (Å²) in [5, 5.41) is 2.08. The first-order chi connectivity index (χ1) is 12.8. The molecule has 1 unspecified atom stereocenters. The number of nitrogens with one attached hydrogen (secondary N) is 1. The maximum atomic E-state index is 6.15. The molecule has 0 bridgehead atoms. The Morgan fingerprint density at radius 3 is 2.85 bits per heavy atom. The second-order valence-corrected chi connectivity index (χ2v) is 7.60. The van der Waals surface area contributed by atoms with Crippen LogP contribution in [0.3, 0.4) is 0 Å². The molecule has 0 aliphatic carbocycles. The molecule has 3 heteroatoms. The Kier molecular flexibility index (Phi) is 5.42. The number of hydrogen-bond donors (Lipinski definition) is 1. The highest BCUT2D eigenvalue weighted by Gasteiger charge is 2.16. The van der Waals surface area contributed by atoms with Crippen LogP contribution in [0.5, 0.6) is 0 Å². The molecule has 1 aliphatic rings. The van der Waals surface area contributed by atoms with Crippen molar-refractivity contribution in [3.05, 3.63) is 83.0 Å². The molecule has 0 radical (unpaired) electrons. The molecule has 1 aliphatic heterocycles. The Morgan fingerprint density at radius 1 is 1.08 bits per heavy atom. The van der Waals surface area contributed by atoms with Crippen molar-refractivity contribution in [2.75, 3.05) is 19.6 Å². The number of fused-ring (bicyclic) bond motifs is 1. The van der Waals surface area contributed by atoms with Crippen molar-refractivity contribution in [2.45, 2.75) is 25.2 Å². The van der Waals surface area contributed by atoms with E-state index >= 15 is 0 Å². The van der Waals surface area contributed by atoms with Crippen molar-refractivity contribution in [1.29, 1.82) is 0 Å². The van der Waals surface area contributed by atoms with Crippen LogP contribution < -0.4 is 0 Å². The molecule has 1 atom stereocenters. The van der Waals surface area contributed by atoms with E-state index in [1.165, 1.54) is 34.9 Å². The van der Waals surface area contributed by atoms with Gasteiger partial charge in [-0.3, -0.25) is 4.90 Å². The summed E-state index contributed by atoms with van der Waals surface area (Å²) in [6, 6.07) is 16.9. The van der Waals surface area contributed by atoms with Gasteiger partial charge in [-0.05, 0) is 55.1 Å². The highest BCUT2D eigenvalue weighted by atomic mass is 35.5. The first-order valence-electron chi connectivity index (χ1n) is 9.49. The van der Waals surface area contributed by atoms with Crippen molar-refractivity contribution in [3.8, 4) is 0 Å². The topological polar surface area (TPSA) is 19.0 Å². The third-order valence-corrected chi connectivity index (χ3v) is 5.55. The maximum absolute atomic E-state index is 6.15. The SMILES string of the molecule is Clc1ccc2[nH]cc(CCCCN3CC=CC(c4ccccc4)C3)c2c1. The largest absolute Gasteiger partial charge is 0.361 e. The summed E-state index contributed by atoms with van der Waals surface area (Å²) in [7, 11) is 0. The second-order valence-electron chi connectivity index (χ2n) is 7.17. The van der Waals surface area contributed by atoms with Crippen molar-refractivity contribution in [2.24, 2.45) is 0 Å². The van der Waals surface area contributed by atoms with Crippen LogP contribution in [0.1, 0.15) is 29.9 Å². The summed E-state index contributed by atoms with van der Waals surface area (Å²) in [5.74, 6) is 0.528. The molecule has 0 amide bonds. The van der Waals surface area contributed by atoms with Crippen molar-refractivity contribution >= 4 is 22.5 Å². The standard InChI is InChI=1S/C23H25ClN2/c24-21-11-12-23-22(15-21)19(16-25-23)9-4-5-13-26-14-6-10-20(17-26)18-7-2-1-3-8-18/h1-3,6-8,10-12,15-16,20,25H,4-5,9,13-14,17H2. The number of aryl methyl sites for hydroxylation is 1. The molecule has 2 nitrogen and oxygen atoms in total. The Morgan fingerprint density at radius 2 is 1.96 bits per heavy atom. The van der Waals surface area contributed by atoms with Gasteiger partial charge in [-0.2, -0.15) is 0 Å². The third-order valence-electron chi connectivity index (χ3n) is 5.31. The number of unbranched alkanes of at least 4 members (excludes halogenated alkanes) is 1. The van der Waals surface area contributed by atoms with E-state index in [0.29, 0.717) is 5.92 Å². The zero-order valence-electron chi connectivity index (χ0n) is 15.0. The number of aromatic nitrogens is 1. The molecule has 2 aromatic carbocycles. The molecule has 134 valence electrons. The fraction of sp³-hybridized carbons (Fsp3) is 0.304. The molecular formula is C23H25ClN2. The highest BCUT2D eigenvalue weighted by molar-refractivity contribution is 6.31. The van der Waals surface area contributed by atoms with Gasteiger partial charge < -0.3 is 4.98 Å². The predicted molar refractivity (Wildman–Crippen MR) is 111 cm³/mol. The van der Waals surface area contributed by atoms with Gasteiger partial charge in [-0.15, -0.1) is 0 Å². The van der Waals surface area contributed by atoms with Gasteiger partial charge in [0.15, 0.2) is 0 Å². The molecule has 0 fully saturated rings. The van der Waals surface area contributed by atoms with E-state index in [9.17, 15) is 0 Å². The molecule has 1 N–H and O–H groups in total. The van der Waals surface area contributed by atoms with Crippen LogP contribution in [-0.2, 0) is 6.42 Å². The third kappa shape index (κ3) is 4.03. The normalized spacial score (nSPS) is 17.8. The number of benzene rings is 2. The summed E-state index contributed by atoms with van der Waals surface area (Å²) in [5.41, 5.74) is 3.98. The number of nitrogens with zero attached hydrogens (tertiary/aromatic N) is 1. The lowest BCUT2D eigenvalue weighted by Crippen LogP contribution is -2.32. The molecule has 0 saturated carbocycles. The predicted octanol–water partition coefficient (Wildman–Crippen LogP) is 5.80. The van der Waals surface area contributed by atoms with Crippen molar-refractivity contribution in [1.82, 2.24) is 9.88 Å². The summed E-state index contributed by atoms with van der Waals surface area (Å²) in [6.07, 6.45) is 10.4. The monoisotopic (exact) mass is 364 g/mol. The van der Waals surface area contributed by atoms with Crippen molar-refractivity contribution in [3.63, 3.8) is 0 Å². The molecule has 2 heterocycles. The lowest BCUT2D eigenvalue weighted by Gasteiger charge is -2.29. The van der Waals surface area contributed by atoms with Crippen LogP contribution in [-0.4, -0.2) is 29.5 Å². The van der Waals surface area contributed by atoms with Gasteiger partial charge in [0.05, 0.1) is 0 Å². The fourth-order valence-electron chi connectivity index (χ4n) is 3.90. The van der Waals surface area contributed by atoms with E-state index < -0.39 is 0 Å². The summed E-state index contributed by atoms with van der Waals surface area (Å²) < 4.78 is 0. The van der Waals surface area contributed by atoms with Crippen LogP contribution in [0, 0.1) is 0 Å². The Bertz CT molecular complexity index is 882. The van der Waals surface area contributed by atoms with Gasteiger partial charge in [0, 0.05) is 41.1 Å². The maximum Gasteiger partial charge on any atom is 0.0457 e. The van der Waals surface area contributed by atoms with E-state index in [1.54, 1.807) is 0 Å². The molecule has 1 aromatic heterocycles. The van der Waals surface area contributed by atoms with Gasteiger partial charge in [0.25, 0.3) is 0 Å². The van der Waals surface area contributed by atoms with E-state index in [4.69, 9.17) is 11.6 Å². The molecular weight excluding hydrogens is 340 g/mol. The first kappa shape index (κ1) is 17.4. The molecule has 0 spiro atoms. The Labute approximate surface area is 160 Å². The average molecular weight is 365 g/mol. The van der Waals surface area contributed by atoms with Gasteiger partial charge in [-0.25, -0.2) is 0 Å². The van der Waals surface area contributed by atoms with Crippen LogP contribution in [0.25, 0.3) is 10.9 Å². The smallest absolute Gasteiger partial charge is 0.0457 e. The molecule has 26 heavy (non-hydrogen) atoms. The van der Waals surface area contributed by atoms with Crippen LogP contribution in [0.15, 0.2) is 66.9 Å². The zero-order valence-corrected chi connectivity index (χ0v) is 15.8. The molecule has 0 saturated heterocycles. The van der Waals surface area contributed by atoms with E-state index in [0.717, 1.165) is 31.1 Å². The van der Waals surface area contributed by atoms with E-state index in [2.05, 4.69) is 70.7 Å². The van der Waals surface area contributed by atoms with Gasteiger partial charge in [0.1, 0.15) is 0 Å². The van der Waals surface area contributed by atoms with Gasteiger partial charge in [0.2, 0.25) is 0 Å². The molecule has 4 rings (SSSR count). The average Bonchev–Trinajstić information content (AvgIpc) is 3.08.